The molecule has 2 amide bonds. The third-order valence-corrected chi connectivity index (χ3v) is 2.68. The number of amides is 2. The van der Waals surface area contributed by atoms with Crippen molar-refractivity contribution < 1.29 is 9.59 Å². The van der Waals surface area contributed by atoms with Crippen LogP contribution in [-0.2, 0) is 0 Å². The second kappa shape index (κ2) is 8.73. The van der Waals surface area contributed by atoms with Crippen LogP contribution in [0.15, 0.2) is 24.3 Å². The zero-order chi connectivity index (χ0) is 14.8. The van der Waals surface area contributed by atoms with Crippen LogP contribution < -0.4 is 16.4 Å². The van der Waals surface area contributed by atoms with Crippen LogP contribution in [-0.4, -0.2) is 31.4 Å². The zero-order valence-corrected chi connectivity index (χ0v) is 11.3. The van der Waals surface area contributed by atoms with Gasteiger partial charge in [-0.2, -0.15) is 0 Å². The van der Waals surface area contributed by atoms with Gasteiger partial charge in [-0.1, -0.05) is 18.1 Å². The van der Waals surface area contributed by atoms with Crippen molar-refractivity contribution in [2.45, 2.75) is 12.8 Å². The molecule has 5 nitrogen and oxygen atoms in total. The van der Waals surface area contributed by atoms with Gasteiger partial charge in [0.05, 0.1) is 17.7 Å². The Kier molecular flexibility index (Phi) is 6.87. The maximum absolute atomic E-state index is 12.0. The number of hydrogen-bond acceptors (Lipinski definition) is 3. The molecular weight excluding hydrogens is 254 g/mol. The SMILES string of the molecule is C#CCNC(=O)c1ccccc1C(=O)NCCCCN. The Morgan fingerprint density at radius 2 is 1.70 bits per heavy atom. The van der Waals surface area contributed by atoms with Gasteiger partial charge >= 0.3 is 0 Å². The van der Waals surface area contributed by atoms with E-state index in [1.54, 1.807) is 24.3 Å². The van der Waals surface area contributed by atoms with Crippen LogP contribution in [0.2, 0.25) is 0 Å². The fraction of sp³-hybridized carbons (Fsp3) is 0.333. The fourth-order valence-corrected chi connectivity index (χ4v) is 1.67. The first-order valence-electron chi connectivity index (χ1n) is 6.49. The van der Waals surface area contributed by atoms with Gasteiger partial charge < -0.3 is 16.4 Å². The van der Waals surface area contributed by atoms with Crippen LogP contribution in [0.4, 0.5) is 0 Å². The van der Waals surface area contributed by atoms with Gasteiger partial charge in [-0.3, -0.25) is 9.59 Å². The van der Waals surface area contributed by atoms with Gasteiger partial charge in [0.15, 0.2) is 0 Å². The maximum Gasteiger partial charge on any atom is 0.252 e. The van der Waals surface area contributed by atoms with Crippen LogP contribution in [0.1, 0.15) is 33.6 Å². The van der Waals surface area contributed by atoms with Crippen molar-refractivity contribution in [3.63, 3.8) is 0 Å². The summed E-state index contributed by atoms with van der Waals surface area (Å²) >= 11 is 0. The molecule has 1 aromatic rings. The molecule has 0 aromatic heterocycles. The van der Waals surface area contributed by atoms with Crippen molar-refractivity contribution >= 4 is 11.8 Å². The Morgan fingerprint density at radius 1 is 1.10 bits per heavy atom. The molecule has 0 saturated carbocycles. The van der Waals surface area contributed by atoms with Crippen LogP contribution in [0, 0.1) is 12.3 Å². The lowest BCUT2D eigenvalue weighted by atomic mass is 10.1. The summed E-state index contributed by atoms with van der Waals surface area (Å²) in [5.41, 5.74) is 6.05. The summed E-state index contributed by atoms with van der Waals surface area (Å²) in [7, 11) is 0. The van der Waals surface area contributed by atoms with E-state index in [9.17, 15) is 9.59 Å². The lowest BCUT2D eigenvalue weighted by molar-refractivity contribution is 0.0921. The molecule has 0 unspecified atom stereocenters. The molecule has 4 N–H and O–H groups in total. The predicted octanol–water partition coefficient (Wildman–Crippen LogP) is 0.518. The Bertz CT molecular complexity index is 506. The van der Waals surface area contributed by atoms with Crippen LogP contribution in [0.5, 0.6) is 0 Å². The fourth-order valence-electron chi connectivity index (χ4n) is 1.67. The van der Waals surface area contributed by atoms with Gasteiger partial charge in [0.2, 0.25) is 0 Å². The molecule has 0 heterocycles. The van der Waals surface area contributed by atoms with Crippen molar-refractivity contribution in [1.82, 2.24) is 10.6 Å². The highest BCUT2D eigenvalue weighted by Gasteiger charge is 2.15. The minimum Gasteiger partial charge on any atom is -0.352 e. The second-order valence-electron chi connectivity index (χ2n) is 4.18. The lowest BCUT2D eigenvalue weighted by Gasteiger charge is -2.09. The molecule has 0 bridgehead atoms. The maximum atomic E-state index is 12.0. The van der Waals surface area contributed by atoms with E-state index in [2.05, 4.69) is 16.6 Å². The van der Waals surface area contributed by atoms with E-state index in [1.807, 2.05) is 0 Å². The molecular formula is C15H19N3O2. The highest BCUT2D eigenvalue weighted by molar-refractivity contribution is 6.07. The lowest BCUT2D eigenvalue weighted by Crippen LogP contribution is -2.30. The number of carbonyl (C=O) groups excluding carboxylic acids is 2. The summed E-state index contributed by atoms with van der Waals surface area (Å²) in [6, 6.07) is 6.63. The van der Waals surface area contributed by atoms with Gasteiger partial charge in [0, 0.05) is 6.54 Å². The molecule has 1 aromatic carbocycles. The summed E-state index contributed by atoms with van der Waals surface area (Å²) < 4.78 is 0. The third kappa shape index (κ3) is 4.75. The average molecular weight is 273 g/mol. The van der Waals surface area contributed by atoms with E-state index in [-0.39, 0.29) is 18.4 Å². The van der Waals surface area contributed by atoms with E-state index in [4.69, 9.17) is 12.2 Å². The monoisotopic (exact) mass is 273 g/mol. The number of nitrogens with two attached hydrogens (primary N) is 1. The van der Waals surface area contributed by atoms with Gasteiger partial charge in [-0.25, -0.2) is 0 Å². The van der Waals surface area contributed by atoms with Crippen molar-refractivity contribution in [3.05, 3.63) is 35.4 Å². The van der Waals surface area contributed by atoms with Crippen molar-refractivity contribution in [3.8, 4) is 12.3 Å². The van der Waals surface area contributed by atoms with Gasteiger partial charge in [0.1, 0.15) is 0 Å². The minimum absolute atomic E-state index is 0.130. The number of nitrogens with one attached hydrogen (secondary N) is 2. The molecule has 0 atom stereocenters. The molecule has 20 heavy (non-hydrogen) atoms. The number of unbranched alkanes of at least 4 members (excludes halogenated alkanes) is 1. The number of carbonyl (C=O) groups is 2. The molecule has 106 valence electrons. The molecule has 0 fully saturated rings. The summed E-state index contributed by atoms with van der Waals surface area (Å²) in [6.07, 6.45) is 6.76. The summed E-state index contributed by atoms with van der Waals surface area (Å²) in [6.45, 7) is 1.27. The highest BCUT2D eigenvalue weighted by Crippen LogP contribution is 2.08. The topological polar surface area (TPSA) is 84.2 Å². The van der Waals surface area contributed by atoms with Crippen molar-refractivity contribution in [1.29, 1.82) is 0 Å². The molecule has 0 radical (unpaired) electrons. The molecule has 0 aliphatic heterocycles. The number of benzene rings is 1. The van der Waals surface area contributed by atoms with Crippen LogP contribution in [0.3, 0.4) is 0 Å². The smallest absolute Gasteiger partial charge is 0.252 e. The van der Waals surface area contributed by atoms with Gasteiger partial charge in [-0.15, -0.1) is 6.42 Å². The van der Waals surface area contributed by atoms with E-state index in [0.717, 1.165) is 12.8 Å². The van der Waals surface area contributed by atoms with Gasteiger partial charge in [0.25, 0.3) is 11.8 Å². The van der Waals surface area contributed by atoms with Crippen molar-refractivity contribution in [2.75, 3.05) is 19.6 Å². The second-order valence-corrected chi connectivity index (χ2v) is 4.18. The molecule has 0 spiro atoms. The Hall–Kier alpha value is -2.32. The summed E-state index contributed by atoms with van der Waals surface area (Å²) in [5, 5.41) is 5.32. The Morgan fingerprint density at radius 3 is 2.25 bits per heavy atom. The third-order valence-electron chi connectivity index (χ3n) is 2.68. The van der Waals surface area contributed by atoms with Crippen LogP contribution in [0.25, 0.3) is 0 Å². The zero-order valence-electron chi connectivity index (χ0n) is 11.3. The first kappa shape index (κ1) is 15.7. The normalized spacial score (nSPS) is 9.60. The quantitative estimate of drug-likeness (QED) is 0.500. The van der Waals surface area contributed by atoms with E-state index in [1.165, 1.54) is 0 Å². The molecule has 0 aliphatic rings. The average Bonchev–Trinajstić information content (AvgIpc) is 2.49. The van der Waals surface area contributed by atoms with E-state index in [0.29, 0.717) is 24.2 Å². The first-order chi connectivity index (χ1) is 9.70. The summed E-state index contributed by atoms with van der Waals surface area (Å²) in [4.78, 5) is 23.9. The Balaban J connectivity index is 2.72. The van der Waals surface area contributed by atoms with Crippen molar-refractivity contribution in [2.24, 2.45) is 5.73 Å². The minimum atomic E-state index is -0.351. The molecule has 0 saturated heterocycles. The largest absolute Gasteiger partial charge is 0.352 e. The Labute approximate surface area is 118 Å². The molecule has 5 heteroatoms. The molecule has 1 rings (SSSR count). The number of rotatable bonds is 7. The van der Waals surface area contributed by atoms with Gasteiger partial charge in [-0.05, 0) is 31.5 Å². The highest BCUT2D eigenvalue weighted by atomic mass is 16.2. The molecule has 0 aliphatic carbocycles. The van der Waals surface area contributed by atoms with Crippen LogP contribution >= 0.6 is 0 Å². The first-order valence-corrected chi connectivity index (χ1v) is 6.49. The number of terminal acetylenes is 1. The van der Waals surface area contributed by atoms with E-state index < -0.39 is 0 Å². The number of hydrogen-bond donors (Lipinski definition) is 3. The van der Waals surface area contributed by atoms with E-state index >= 15 is 0 Å². The predicted molar refractivity (Wildman–Crippen MR) is 78.2 cm³/mol. The standard InChI is InChI=1S/C15H19N3O2/c1-2-10-17-14(19)12-7-3-4-8-13(12)15(20)18-11-6-5-9-16/h1,3-4,7-8H,5-6,9-11,16H2,(H,17,19)(H,18,20). The summed E-state index contributed by atoms with van der Waals surface area (Å²) in [5.74, 6) is 1.70.